The van der Waals surface area contributed by atoms with E-state index < -0.39 is 10.0 Å². The van der Waals surface area contributed by atoms with Gasteiger partial charge in [0, 0.05) is 23.0 Å². The monoisotopic (exact) mass is 320 g/mol. The van der Waals surface area contributed by atoms with Gasteiger partial charge in [-0.3, -0.25) is 0 Å². The van der Waals surface area contributed by atoms with Gasteiger partial charge in [0.15, 0.2) is 0 Å². The molecular weight excluding hydrogens is 308 g/mol. The molecule has 3 N–H and O–H groups in total. The lowest BCUT2D eigenvalue weighted by atomic mass is 10.3. The Morgan fingerprint density at radius 1 is 1.52 bits per heavy atom. The fraction of sp³-hybridized carbons (Fsp3) is 0.0769. The van der Waals surface area contributed by atoms with Crippen molar-refractivity contribution in [2.45, 2.75) is 11.8 Å². The maximum absolute atomic E-state index is 11.3. The number of nitrogens with zero attached hydrogens (tertiary/aromatic N) is 2. The van der Waals surface area contributed by atoms with Gasteiger partial charge < -0.3 is 5.32 Å². The topological polar surface area (TPSA) is 109 Å². The van der Waals surface area contributed by atoms with Crippen molar-refractivity contribution in [3.05, 3.63) is 46.5 Å². The van der Waals surface area contributed by atoms with Gasteiger partial charge in [-0.15, -0.1) is 11.3 Å². The van der Waals surface area contributed by atoms with Crippen molar-refractivity contribution in [1.82, 2.24) is 4.98 Å². The highest BCUT2D eigenvalue weighted by Gasteiger charge is 2.08. The van der Waals surface area contributed by atoms with Crippen molar-refractivity contribution in [1.29, 1.82) is 5.26 Å². The second kappa shape index (κ2) is 6.05. The first-order valence-corrected chi connectivity index (χ1v) is 8.25. The second-order valence-electron chi connectivity index (χ2n) is 4.18. The number of anilines is 1. The minimum absolute atomic E-state index is 0.00417. The molecule has 0 amide bonds. The number of thiazole rings is 1. The van der Waals surface area contributed by atoms with E-state index in [1.54, 1.807) is 12.1 Å². The minimum atomic E-state index is -3.75. The Morgan fingerprint density at radius 3 is 2.86 bits per heavy atom. The van der Waals surface area contributed by atoms with Gasteiger partial charge in [-0.2, -0.15) is 5.26 Å². The Bertz CT molecular complexity index is 832. The number of aromatic nitrogens is 1. The van der Waals surface area contributed by atoms with Crippen LogP contribution >= 0.6 is 11.3 Å². The molecule has 0 saturated heterocycles. The summed E-state index contributed by atoms with van der Waals surface area (Å²) in [5.74, 6) is 0. The summed E-state index contributed by atoms with van der Waals surface area (Å²) in [4.78, 5) is 4.23. The van der Waals surface area contributed by atoms with Crippen LogP contribution in [0.5, 0.6) is 0 Å². The molecule has 0 aliphatic heterocycles. The highest BCUT2D eigenvalue weighted by Crippen LogP contribution is 2.20. The first kappa shape index (κ1) is 15.2. The second-order valence-corrected chi connectivity index (χ2v) is 6.60. The molecule has 8 heteroatoms. The van der Waals surface area contributed by atoms with Gasteiger partial charge in [0.1, 0.15) is 16.6 Å². The van der Waals surface area contributed by atoms with Crippen LogP contribution in [-0.4, -0.2) is 13.4 Å². The zero-order valence-corrected chi connectivity index (χ0v) is 12.7. The zero-order valence-electron chi connectivity index (χ0n) is 11.1. The molecule has 0 bridgehead atoms. The molecule has 0 fully saturated rings. The Morgan fingerprint density at radius 2 is 2.29 bits per heavy atom. The molecule has 21 heavy (non-hydrogen) atoms. The van der Waals surface area contributed by atoms with E-state index in [2.05, 4.69) is 16.4 Å². The van der Waals surface area contributed by atoms with Crippen LogP contribution in [0, 0.1) is 18.3 Å². The Kier molecular flexibility index (Phi) is 4.37. The normalized spacial score (nSPS) is 12.0. The molecule has 0 spiro atoms. The Balaban J connectivity index is 2.26. The van der Waals surface area contributed by atoms with E-state index in [1.807, 2.05) is 12.3 Å². The summed E-state index contributed by atoms with van der Waals surface area (Å²) in [6.45, 7) is 1.85. The molecule has 108 valence electrons. The number of nitriles is 1. The lowest BCUT2D eigenvalue weighted by Gasteiger charge is -2.04. The number of hydrogen-bond donors (Lipinski definition) is 2. The average molecular weight is 320 g/mol. The number of hydrogen-bond acceptors (Lipinski definition) is 6. The number of sulfonamides is 1. The van der Waals surface area contributed by atoms with Gasteiger partial charge in [0.05, 0.1) is 4.90 Å². The summed E-state index contributed by atoms with van der Waals surface area (Å²) in [6.07, 6.45) is 1.49. The van der Waals surface area contributed by atoms with E-state index in [0.29, 0.717) is 16.3 Å². The van der Waals surface area contributed by atoms with Gasteiger partial charge in [-0.05, 0) is 25.1 Å². The Labute approximate surface area is 126 Å². The van der Waals surface area contributed by atoms with Crippen molar-refractivity contribution in [2.24, 2.45) is 5.14 Å². The molecule has 6 nitrogen and oxygen atoms in total. The van der Waals surface area contributed by atoms with Crippen molar-refractivity contribution >= 4 is 32.6 Å². The highest BCUT2D eigenvalue weighted by molar-refractivity contribution is 7.89. The summed E-state index contributed by atoms with van der Waals surface area (Å²) in [7, 11) is -3.75. The highest BCUT2D eigenvalue weighted by atomic mass is 32.2. The molecule has 1 aromatic carbocycles. The van der Waals surface area contributed by atoms with Crippen LogP contribution in [0.2, 0.25) is 0 Å². The van der Waals surface area contributed by atoms with Crippen molar-refractivity contribution in [2.75, 3.05) is 5.32 Å². The third-order valence-corrected chi connectivity index (χ3v) is 4.42. The van der Waals surface area contributed by atoms with Crippen LogP contribution in [0.3, 0.4) is 0 Å². The summed E-state index contributed by atoms with van der Waals surface area (Å²) in [6, 6.07) is 8.09. The number of aryl methyl sites for hydroxylation is 1. The maximum Gasteiger partial charge on any atom is 0.238 e. The summed E-state index contributed by atoms with van der Waals surface area (Å²) in [5.41, 5.74) is 1.73. The number of nitrogens with two attached hydrogens (primary N) is 1. The van der Waals surface area contributed by atoms with E-state index in [0.717, 1.165) is 5.69 Å². The van der Waals surface area contributed by atoms with Crippen LogP contribution in [-0.2, 0) is 10.0 Å². The third kappa shape index (κ3) is 3.88. The fourth-order valence-corrected chi connectivity index (χ4v) is 2.86. The molecule has 2 rings (SSSR count). The van der Waals surface area contributed by atoms with Crippen LogP contribution < -0.4 is 10.5 Å². The molecular formula is C13H12N4O2S2. The van der Waals surface area contributed by atoms with E-state index in [9.17, 15) is 8.42 Å². The van der Waals surface area contributed by atoms with Crippen LogP contribution in [0.25, 0.3) is 5.57 Å². The smallest absolute Gasteiger partial charge is 0.238 e. The van der Waals surface area contributed by atoms with Gasteiger partial charge in [0.2, 0.25) is 10.0 Å². The van der Waals surface area contributed by atoms with E-state index in [1.165, 1.54) is 29.7 Å². The molecule has 0 atom stereocenters. The fourth-order valence-electron chi connectivity index (χ4n) is 1.54. The molecule has 0 saturated carbocycles. The molecule has 0 aliphatic carbocycles. The largest absolute Gasteiger partial charge is 0.360 e. The zero-order chi connectivity index (χ0) is 15.5. The van der Waals surface area contributed by atoms with Gasteiger partial charge in [0.25, 0.3) is 0 Å². The predicted octanol–water partition coefficient (Wildman–Crippen LogP) is 2.08. The molecule has 0 radical (unpaired) electrons. The minimum Gasteiger partial charge on any atom is -0.360 e. The van der Waals surface area contributed by atoms with Gasteiger partial charge >= 0.3 is 0 Å². The molecule has 1 heterocycles. The van der Waals surface area contributed by atoms with Crippen LogP contribution in [0.4, 0.5) is 5.69 Å². The third-order valence-electron chi connectivity index (χ3n) is 2.52. The van der Waals surface area contributed by atoms with Gasteiger partial charge in [-0.25, -0.2) is 18.5 Å². The summed E-state index contributed by atoms with van der Waals surface area (Å²) >= 11 is 1.37. The summed E-state index contributed by atoms with van der Waals surface area (Å²) in [5, 5.41) is 19.5. The lowest BCUT2D eigenvalue weighted by Crippen LogP contribution is -2.12. The number of rotatable bonds is 4. The van der Waals surface area contributed by atoms with Crippen molar-refractivity contribution in [3.8, 4) is 6.07 Å². The summed E-state index contributed by atoms with van der Waals surface area (Å²) < 4.78 is 22.6. The Hall–Kier alpha value is -2.21. The van der Waals surface area contributed by atoms with E-state index in [4.69, 9.17) is 10.4 Å². The quantitative estimate of drug-likeness (QED) is 0.838. The molecule has 0 unspecified atom stereocenters. The molecule has 2 aromatic rings. The van der Waals surface area contributed by atoms with E-state index in [-0.39, 0.29) is 4.90 Å². The van der Waals surface area contributed by atoms with Crippen molar-refractivity contribution in [3.63, 3.8) is 0 Å². The lowest BCUT2D eigenvalue weighted by molar-refractivity contribution is 0.598. The standard InChI is InChI=1S/C13H12N4O2S2/c1-9-8-20-13(17-9)10(6-14)7-16-11-3-2-4-12(5-11)21(15,18)19/h2-5,7-8,16H,1H3,(H2,15,18,19)/b10-7+. The van der Waals surface area contributed by atoms with E-state index >= 15 is 0 Å². The van der Waals surface area contributed by atoms with Crippen molar-refractivity contribution < 1.29 is 8.42 Å². The van der Waals surface area contributed by atoms with Crippen LogP contribution in [0.15, 0.2) is 40.7 Å². The number of primary sulfonamides is 1. The predicted molar refractivity (Wildman–Crippen MR) is 81.9 cm³/mol. The maximum atomic E-state index is 11.3. The van der Waals surface area contributed by atoms with Crippen LogP contribution in [0.1, 0.15) is 10.7 Å². The van der Waals surface area contributed by atoms with Gasteiger partial charge in [-0.1, -0.05) is 6.07 Å². The first-order chi connectivity index (χ1) is 9.90. The number of nitrogens with one attached hydrogen (secondary N) is 1. The average Bonchev–Trinajstić information content (AvgIpc) is 2.85. The first-order valence-electron chi connectivity index (χ1n) is 5.82. The molecule has 1 aromatic heterocycles. The number of benzene rings is 1. The SMILES string of the molecule is Cc1csc(/C(C#N)=C/Nc2cccc(S(N)(=O)=O)c2)n1. The number of allylic oxidation sites excluding steroid dienone is 1. The molecule has 0 aliphatic rings.